The molecule has 0 aliphatic rings. The van der Waals surface area contributed by atoms with Crippen molar-refractivity contribution in [2.24, 2.45) is 0 Å². The lowest BCUT2D eigenvalue weighted by Gasteiger charge is -1.97. The van der Waals surface area contributed by atoms with Crippen molar-refractivity contribution in [2.45, 2.75) is 39.0 Å². The number of carbonyl (C=O) groups is 2. The first-order valence-electron chi connectivity index (χ1n) is 6.17. The predicted molar refractivity (Wildman–Crippen MR) is 68.5 cm³/mol. The summed E-state index contributed by atoms with van der Waals surface area (Å²) in [6.45, 7) is 2.12. The quantitative estimate of drug-likeness (QED) is 0.435. The fraction of sp³-hybridized carbons (Fsp3) is 0.429. The minimum atomic E-state index is -1.04. The second-order valence-corrected chi connectivity index (χ2v) is 4.11. The van der Waals surface area contributed by atoms with E-state index in [0.717, 1.165) is 31.8 Å². The Hall–Kier alpha value is -1.84. The Bertz CT molecular complexity index is 429. The molecule has 0 aliphatic heterocycles. The van der Waals surface area contributed by atoms with Crippen LogP contribution in [0.15, 0.2) is 22.6 Å². The number of carbonyl (C=O) groups excluding carboxylic acids is 1. The smallest absolute Gasteiger partial charge is 0.328 e. The molecule has 4 heteroatoms. The normalized spacial score (nSPS) is 10.9. The number of Topliss-reactive ketones (excluding diaryl/α,β-unsaturated/α-hetero) is 1. The van der Waals surface area contributed by atoms with E-state index in [1.165, 1.54) is 6.08 Å². The molecule has 0 atom stereocenters. The van der Waals surface area contributed by atoms with E-state index in [1.807, 2.05) is 0 Å². The Balaban J connectivity index is 2.46. The Labute approximate surface area is 106 Å². The van der Waals surface area contributed by atoms with Gasteiger partial charge in [0.2, 0.25) is 0 Å². The van der Waals surface area contributed by atoms with E-state index >= 15 is 0 Å². The third-order valence-corrected chi connectivity index (χ3v) is 2.55. The molecule has 18 heavy (non-hydrogen) atoms. The topological polar surface area (TPSA) is 67.5 Å². The van der Waals surface area contributed by atoms with Gasteiger partial charge < -0.3 is 9.52 Å². The number of hydrogen-bond acceptors (Lipinski definition) is 3. The third kappa shape index (κ3) is 4.99. The van der Waals surface area contributed by atoms with Crippen LogP contribution < -0.4 is 0 Å². The van der Waals surface area contributed by atoms with Gasteiger partial charge in [0.15, 0.2) is 11.5 Å². The molecule has 0 saturated carbocycles. The Morgan fingerprint density at radius 1 is 1.28 bits per heavy atom. The monoisotopic (exact) mass is 250 g/mol. The zero-order valence-corrected chi connectivity index (χ0v) is 10.5. The molecule has 0 aliphatic carbocycles. The van der Waals surface area contributed by atoms with E-state index < -0.39 is 5.97 Å². The highest BCUT2D eigenvalue weighted by molar-refractivity contribution is 5.93. The summed E-state index contributed by atoms with van der Waals surface area (Å²) in [6.07, 6.45) is 6.99. The van der Waals surface area contributed by atoms with Gasteiger partial charge in [-0.2, -0.15) is 0 Å². The second-order valence-electron chi connectivity index (χ2n) is 4.11. The first-order valence-corrected chi connectivity index (χ1v) is 6.17. The molecular formula is C14H18O4. The zero-order valence-electron chi connectivity index (χ0n) is 10.5. The molecule has 0 bridgehead atoms. The first kappa shape index (κ1) is 14.2. The van der Waals surface area contributed by atoms with Crippen LogP contribution in [-0.4, -0.2) is 16.9 Å². The molecule has 1 aromatic rings. The molecule has 0 saturated heterocycles. The van der Waals surface area contributed by atoms with Crippen LogP contribution >= 0.6 is 0 Å². The van der Waals surface area contributed by atoms with Gasteiger partial charge in [-0.25, -0.2) is 4.79 Å². The molecular weight excluding hydrogens is 232 g/mol. The fourth-order valence-corrected chi connectivity index (χ4v) is 1.58. The zero-order chi connectivity index (χ0) is 13.4. The van der Waals surface area contributed by atoms with E-state index in [-0.39, 0.29) is 5.78 Å². The maximum absolute atomic E-state index is 11.7. The number of hydrogen-bond donors (Lipinski definition) is 1. The van der Waals surface area contributed by atoms with Crippen LogP contribution in [0.3, 0.4) is 0 Å². The number of ketones is 1. The average molecular weight is 250 g/mol. The van der Waals surface area contributed by atoms with Crippen LogP contribution in [0.25, 0.3) is 6.08 Å². The Morgan fingerprint density at radius 2 is 2.06 bits per heavy atom. The van der Waals surface area contributed by atoms with Crippen LogP contribution in [0.1, 0.15) is 55.3 Å². The van der Waals surface area contributed by atoms with Gasteiger partial charge in [-0.3, -0.25) is 4.79 Å². The molecule has 0 aromatic carbocycles. The molecule has 0 unspecified atom stereocenters. The van der Waals surface area contributed by atoms with Crippen LogP contribution in [0.2, 0.25) is 0 Å². The molecule has 0 amide bonds. The summed E-state index contributed by atoms with van der Waals surface area (Å²) in [7, 11) is 0. The first-order chi connectivity index (χ1) is 8.63. The summed E-state index contributed by atoms with van der Waals surface area (Å²) < 4.78 is 5.25. The summed E-state index contributed by atoms with van der Waals surface area (Å²) in [6, 6.07) is 3.18. The summed E-state index contributed by atoms with van der Waals surface area (Å²) >= 11 is 0. The van der Waals surface area contributed by atoms with E-state index in [4.69, 9.17) is 9.52 Å². The number of rotatable bonds is 8. The highest BCUT2D eigenvalue weighted by atomic mass is 16.4. The van der Waals surface area contributed by atoms with E-state index in [0.29, 0.717) is 17.9 Å². The highest BCUT2D eigenvalue weighted by Gasteiger charge is 2.09. The molecule has 4 nitrogen and oxygen atoms in total. The van der Waals surface area contributed by atoms with Crippen molar-refractivity contribution in [2.75, 3.05) is 0 Å². The minimum Gasteiger partial charge on any atom is -0.478 e. The fourth-order valence-electron chi connectivity index (χ4n) is 1.58. The van der Waals surface area contributed by atoms with Gasteiger partial charge in [-0.05, 0) is 24.6 Å². The molecule has 0 fully saturated rings. The number of aliphatic carboxylic acids is 1. The lowest BCUT2D eigenvalue weighted by Crippen LogP contribution is -1.96. The molecule has 0 radical (unpaired) electrons. The minimum absolute atomic E-state index is 0.0268. The summed E-state index contributed by atoms with van der Waals surface area (Å²) in [5, 5.41) is 8.46. The van der Waals surface area contributed by atoms with Gasteiger partial charge in [0.05, 0.1) is 0 Å². The molecule has 98 valence electrons. The van der Waals surface area contributed by atoms with Gasteiger partial charge in [0.1, 0.15) is 5.76 Å². The van der Waals surface area contributed by atoms with Gasteiger partial charge >= 0.3 is 5.97 Å². The van der Waals surface area contributed by atoms with E-state index in [1.54, 1.807) is 12.1 Å². The van der Waals surface area contributed by atoms with Crippen LogP contribution in [0, 0.1) is 0 Å². The van der Waals surface area contributed by atoms with Gasteiger partial charge in [-0.15, -0.1) is 0 Å². The SMILES string of the molecule is CCCCCCC(=O)c1ccc(/C=C/C(=O)O)o1. The number of carboxylic acid groups (broad SMARTS) is 1. The Morgan fingerprint density at radius 3 is 2.72 bits per heavy atom. The van der Waals surface area contributed by atoms with Crippen molar-refractivity contribution >= 4 is 17.8 Å². The maximum Gasteiger partial charge on any atom is 0.328 e. The molecule has 1 N–H and O–H groups in total. The van der Waals surface area contributed by atoms with Crippen LogP contribution in [0.5, 0.6) is 0 Å². The van der Waals surface area contributed by atoms with Crippen LogP contribution in [0.4, 0.5) is 0 Å². The van der Waals surface area contributed by atoms with Crippen molar-refractivity contribution in [3.8, 4) is 0 Å². The molecule has 0 spiro atoms. The molecule has 1 heterocycles. The van der Waals surface area contributed by atoms with Crippen molar-refractivity contribution in [1.82, 2.24) is 0 Å². The summed E-state index contributed by atoms with van der Waals surface area (Å²) in [5.74, 6) is -0.384. The predicted octanol–water partition coefficient (Wildman–Crippen LogP) is 3.53. The van der Waals surface area contributed by atoms with Crippen molar-refractivity contribution in [1.29, 1.82) is 0 Å². The van der Waals surface area contributed by atoms with E-state index in [9.17, 15) is 9.59 Å². The maximum atomic E-state index is 11.7. The lowest BCUT2D eigenvalue weighted by molar-refractivity contribution is -0.131. The van der Waals surface area contributed by atoms with Gasteiger partial charge in [-0.1, -0.05) is 26.2 Å². The number of unbranched alkanes of at least 4 members (excludes halogenated alkanes) is 3. The lowest BCUT2D eigenvalue weighted by atomic mass is 10.1. The number of furan rings is 1. The molecule has 1 aromatic heterocycles. The van der Waals surface area contributed by atoms with Crippen molar-refractivity contribution < 1.29 is 19.1 Å². The summed E-state index contributed by atoms with van der Waals surface area (Å²) in [4.78, 5) is 22.0. The molecule has 1 rings (SSSR count). The highest BCUT2D eigenvalue weighted by Crippen LogP contribution is 2.14. The van der Waals surface area contributed by atoms with Gasteiger partial charge in [0.25, 0.3) is 0 Å². The standard InChI is InChI=1S/C14H18O4/c1-2-3-4-5-6-12(15)13-9-7-11(18-13)8-10-14(16)17/h7-10H,2-6H2,1H3,(H,16,17)/b10-8+. The van der Waals surface area contributed by atoms with Crippen molar-refractivity contribution in [3.05, 3.63) is 29.7 Å². The summed E-state index contributed by atoms with van der Waals surface area (Å²) in [5.41, 5.74) is 0. The van der Waals surface area contributed by atoms with Crippen molar-refractivity contribution in [3.63, 3.8) is 0 Å². The number of carboxylic acids is 1. The van der Waals surface area contributed by atoms with Gasteiger partial charge in [0, 0.05) is 12.5 Å². The second kappa shape index (κ2) is 7.48. The average Bonchev–Trinajstić information content (AvgIpc) is 2.80. The Kier molecular flexibility index (Phi) is 5.91. The largest absolute Gasteiger partial charge is 0.478 e. The van der Waals surface area contributed by atoms with Crippen LogP contribution in [-0.2, 0) is 4.79 Å². The third-order valence-electron chi connectivity index (χ3n) is 2.55. The van der Waals surface area contributed by atoms with E-state index in [2.05, 4.69) is 6.92 Å².